The van der Waals surface area contributed by atoms with E-state index in [1.807, 2.05) is 0 Å². The van der Waals surface area contributed by atoms with Crippen molar-refractivity contribution >= 4 is 0 Å². The molecule has 0 amide bonds. The second-order valence-corrected chi connectivity index (χ2v) is 4.80. The average Bonchev–Trinajstić information content (AvgIpc) is 2.84. The molecule has 1 nitrogen and oxygen atoms in total. The van der Waals surface area contributed by atoms with E-state index in [-0.39, 0.29) is 0 Å². The van der Waals surface area contributed by atoms with Crippen LogP contribution in [-0.4, -0.2) is 30.2 Å². The van der Waals surface area contributed by atoms with Crippen LogP contribution in [0.3, 0.4) is 0 Å². The monoisotopic (exact) mass is 185 g/mol. The number of nitrogens with zero attached hydrogens (tertiary/aromatic N) is 1. The molecular weight excluding hydrogens is 165 g/mol. The average molecular weight is 185 g/mol. The largest absolute Gasteiger partial charge is 0.300 e. The van der Waals surface area contributed by atoms with Crippen LogP contribution in [0.1, 0.15) is 39.0 Å². The molecule has 13 heavy (non-hydrogen) atoms. The summed E-state index contributed by atoms with van der Waals surface area (Å²) in [5.74, 6) is 0.830. The first-order chi connectivity index (χ1) is 6.22. The van der Waals surface area contributed by atoms with Gasteiger partial charge in [0.15, 0.2) is 0 Å². The van der Waals surface area contributed by atoms with Gasteiger partial charge in [0, 0.05) is 13.1 Å². The Bertz CT molecular complexity index is 177. The summed E-state index contributed by atoms with van der Waals surface area (Å²) in [6, 6.07) is 0. The second-order valence-electron chi connectivity index (χ2n) is 4.80. The molecule has 1 saturated carbocycles. The van der Waals surface area contributed by atoms with Gasteiger partial charge < -0.3 is 0 Å². The van der Waals surface area contributed by atoms with E-state index in [0.717, 1.165) is 31.8 Å². The molecule has 1 heterocycles. The predicted octanol–water partition coefficient (Wildman–Crippen LogP) is 2.61. The van der Waals surface area contributed by atoms with Crippen LogP contribution < -0.4 is 0 Å². The minimum Gasteiger partial charge on any atom is -0.300 e. The Hall–Kier alpha value is -0.110. The Labute approximate surface area is 80.3 Å². The van der Waals surface area contributed by atoms with Gasteiger partial charge in [0.25, 0.3) is 0 Å². The smallest absolute Gasteiger partial charge is 0.123 e. The molecule has 0 spiro atoms. The quantitative estimate of drug-likeness (QED) is 0.653. The van der Waals surface area contributed by atoms with Crippen LogP contribution in [0.5, 0.6) is 0 Å². The molecule has 0 aromatic rings. The van der Waals surface area contributed by atoms with Gasteiger partial charge in [-0.3, -0.25) is 4.90 Å². The third-order valence-corrected chi connectivity index (χ3v) is 3.48. The number of likely N-dealkylation sites (tertiary alicyclic amines) is 1. The zero-order chi connectivity index (χ0) is 9.31. The van der Waals surface area contributed by atoms with Crippen LogP contribution >= 0.6 is 0 Å². The van der Waals surface area contributed by atoms with Crippen molar-refractivity contribution in [1.82, 2.24) is 4.90 Å². The molecular formula is C11H20FN. The fourth-order valence-electron chi connectivity index (χ4n) is 2.32. The van der Waals surface area contributed by atoms with E-state index in [9.17, 15) is 4.39 Å². The molecule has 76 valence electrons. The van der Waals surface area contributed by atoms with E-state index >= 15 is 0 Å². The molecule has 2 aliphatic rings. The van der Waals surface area contributed by atoms with Gasteiger partial charge in [0.05, 0.1) is 0 Å². The Balaban J connectivity index is 1.78. The van der Waals surface area contributed by atoms with Crippen LogP contribution in [0.15, 0.2) is 0 Å². The first-order valence-electron chi connectivity index (χ1n) is 5.63. The normalized spacial score (nSPS) is 33.2. The maximum absolute atomic E-state index is 13.5. The van der Waals surface area contributed by atoms with Gasteiger partial charge in [-0.05, 0) is 38.1 Å². The van der Waals surface area contributed by atoms with Gasteiger partial charge in [-0.25, -0.2) is 4.39 Å². The SMILES string of the molecule is CCC1CCCN(CC2(F)CC2)C1. The zero-order valence-corrected chi connectivity index (χ0v) is 8.56. The Morgan fingerprint density at radius 2 is 2.23 bits per heavy atom. The highest BCUT2D eigenvalue weighted by Gasteiger charge is 2.44. The summed E-state index contributed by atoms with van der Waals surface area (Å²) in [5, 5.41) is 0. The molecule has 1 unspecified atom stereocenters. The topological polar surface area (TPSA) is 3.24 Å². The summed E-state index contributed by atoms with van der Waals surface area (Å²) < 4.78 is 13.5. The molecule has 0 aromatic carbocycles. The molecule has 0 aromatic heterocycles. The first-order valence-corrected chi connectivity index (χ1v) is 5.63. The van der Waals surface area contributed by atoms with E-state index < -0.39 is 5.67 Å². The van der Waals surface area contributed by atoms with Crippen molar-refractivity contribution in [2.45, 2.75) is 44.7 Å². The summed E-state index contributed by atoms with van der Waals surface area (Å²) in [6.07, 6.45) is 5.50. The molecule has 2 fully saturated rings. The van der Waals surface area contributed by atoms with E-state index in [4.69, 9.17) is 0 Å². The van der Waals surface area contributed by atoms with Crippen molar-refractivity contribution in [3.8, 4) is 0 Å². The molecule has 2 heteroatoms. The molecule has 2 rings (SSSR count). The van der Waals surface area contributed by atoms with E-state index in [1.54, 1.807) is 0 Å². The van der Waals surface area contributed by atoms with Gasteiger partial charge in [-0.15, -0.1) is 0 Å². The van der Waals surface area contributed by atoms with Crippen molar-refractivity contribution < 1.29 is 4.39 Å². The zero-order valence-electron chi connectivity index (χ0n) is 8.56. The lowest BCUT2D eigenvalue weighted by molar-refractivity contribution is 0.121. The summed E-state index contributed by atoms with van der Waals surface area (Å²) in [7, 11) is 0. The van der Waals surface area contributed by atoms with Gasteiger partial charge in [0.1, 0.15) is 5.67 Å². The Morgan fingerprint density at radius 1 is 1.46 bits per heavy atom. The molecule has 1 aliphatic heterocycles. The highest BCUT2D eigenvalue weighted by Crippen LogP contribution is 2.41. The molecule has 1 atom stereocenters. The van der Waals surface area contributed by atoms with Gasteiger partial charge in [0.2, 0.25) is 0 Å². The predicted molar refractivity (Wildman–Crippen MR) is 52.5 cm³/mol. The maximum atomic E-state index is 13.5. The summed E-state index contributed by atoms with van der Waals surface area (Å²) in [4.78, 5) is 2.34. The Kier molecular flexibility index (Phi) is 2.59. The van der Waals surface area contributed by atoms with Crippen LogP contribution in [0.25, 0.3) is 0 Å². The van der Waals surface area contributed by atoms with Crippen molar-refractivity contribution in [2.24, 2.45) is 5.92 Å². The van der Waals surface area contributed by atoms with E-state index in [1.165, 1.54) is 19.3 Å². The fourth-order valence-corrected chi connectivity index (χ4v) is 2.32. The lowest BCUT2D eigenvalue weighted by Crippen LogP contribution is -2.39. The number of hydrogen-bond acceptors (Lipinski definition) is 1. The first kappa shape index (κ1) is 9.45. The minimum atomic E-state index is -0.782. The number of halogens is 1. The highest BCUT2D eigenvalue weighted by atomic mass is 19.1. The lowest BCUT2D eigenvalue weighted by Gasteiger charge is -2.33. The number of piperidine rings is 1. The van der Waals surface area contributed by atoms with Crippen molar-refractivity contribution in [3.05, 3.63) is 0 Å². The molecule has 0 bridgehead atoms. The van der Waals surface area contributed by atoms with Crippen molar-refractivity contribution in [1.29, 1.82) is 0 Å². The highest BCUT2D eigenvalue weighted by molar-refractivity contribution is 4.97. The summed E-state index contributed by atoms with van der Waals surface area (Å²) in [6.45, 7) is 5.23. The van der Waals surface area contributed by atoms with Gasteiger partial charge >= 0.3 is 0 Å². The van der Waals surface area contributed by atoms with E-state index in [2.05, 4.69) is 11.8 Å². The second kappa shape index (κ2) is 3.56. The lowest BCUT2D eigenvalue weighted by atomic mass is 9.95. The summed E-state index contributed by atoms with van der Waals surface area (Å²) >= 11 is 0. The standard InChI is InChI=1S/C11H20FN/c1-2-10-4-3-7-13(8-10)9-11(12)5-6-11/h10H,2-9H2,1H3. The third-order valence-electron chi connectivity index (χ3n) is 3.48. The van der Waals surface area contributed by atoms with E-state index in [0.29, 0.717) is 6.54 Å². The molecule has 1 saturated heterocycles. The molecule has 0 radical (unpaired) electrons. The molecule has 1 aliphatic carbocycles. The van der Waals surface area contributed by atoms with Crippen LogP contribution in [0.2, 0.25) is 0 Å². The Morgan fingerprint density at radius 3 is 2.85 bits per heavy atom. The number of alkyl halides is 1. The van der Waals surface area contributed by atoms with Crippen molar-refractivity contribution in [3.63, 3.8) is 0 Å². The number of hydrogen-bond donors (Lipinski definition) is 0. The van der Waals surface area contributed by atoms with Crippen molar-refractivity contribution in [2.75, 3.05) is 19.6 Å². The minimum absolute atomic E-state index is 0.712. The fraction of sp³-hybridized carbons (Fsp3) is 1.00. The van der Waals surface area contributed by atoms with Crippen LogP contribution in [0.4, 0.5) is 4.39 Å². The number of rotatable bonds is 3. The van der Waals surface area contributed by atoms with Gasteiger partial charge in [-0.2, -0.15) is 0 Å². The summed E-state index contributed by atoms with van der Waals surface area (Å²) in [5.41, 5.74) is -0.782. The maximum Gasteiger partial charge on any atom is 0.123 e. The van der Waals surface area contributed by atoms with Crippen LogP contribution in [0, 0.1) is 5.92 Å². The molecule has 0 N–H and O–H groups in total. The third kappa shape index (κ3) is 2.43. The van der Waals surface area contributed by atoms with Crippen LogP contribution in [-0.2, 0) is 0 Å². The van der Waals surface area contributed by atoms with Gasteiger partial charge in [-0.1, -0.05) is 13.3 Å².